The van der Waals surface area contributed by atoms with Crippen molar-refractivity contribution >= 4 is 34.5 Å². The first-order valence-corrected chi connectivity index (χ1v) is 7.16. The van der Waals surface area contributed by atoms with Crippen molar-refractivity contribution in [3.63, 3.8) is 0 Å². The summed E-state index contributed by atoms with van der Waals surface area (Å²) in [7, 11) is 0. The van der Waals surface area contributed by atoms with Crippen LogP contribution in [0.3, 0.4) is 0 Å². The number of Topliss-reactive ketones (excluding diaryl/α,β-unsaturated/α-hetero) is 1. The third-order valence-corrected chi connectivity index (χ3v) is 3.49. The molecule has 1 fully saturated rings. The number of hydrogen-bond acceptors (Lipinski definition) is 4. The molecule has 21 heavy (non-hydrogen) atoms. The second-order valence-corrected chi connectivity index (χ2v) is 6.06. The van der Waals surface area contributed by atoms with Crippen LogP contribution in [0.25, 0.3) is 0 Å². The van der Waals surface area contributed by atoms with E-state index in [9.17, 15) is 19.2 Å². The Balaban J connectivity index is 0.000000885. The smallest absolute Gasteiger partial charge is 0.326 e. The highest BCUT2D eigenvalue weighted by atomic mass is 35.5. The first kappa shape index (κ1) is 19.6. The van der Waals surface area contributed by atoms with Gasteiger partial charge < -0.3 is 10.0 Å². The first-order valence-electron chi connectivity index (χ1n) is 6.78. The lowest BCUT2D eigenvalue weighted by Crippen LogP contribution is -2.47. The molecule has 0 bridgehead atoms. The van der Waals surface area contributed by atoms with Crippen LogP contribution in [0.5, 0.6) is 0 Å². The second-order valence-electron chi connectivity index (χ2n) is 5.53. The van der Waals surface area contributed by atoms with E-state index in [-0.39, 0.29) is 5.24 Å². The van der Waals surface area contributed by atoms with Crippen LogP contribution in [0.4, 0.5) is 0 Å². The molecule has 0 aromatic rings. The SMILES string of the molecule is CC(=O)Cl.CCC(C)(C)C(=O)C(=O)N1CCC[C@H]1C(=O)O. The maximum atomic E-state index is 12.0. The first-order chi connectivity index (χ1) is 9.54. The van der Waals surface area contributed by atoms with Gasteiger partial charge in [0.25, 0.3) is 5.91 Å². The van der Waals surface area contributed by atoms with Crippen molar-refractivity contribution in [1.82, 2.24) is 4.90 Å². The molecule has 1 saturated heterocycles. The van der Waals surface area contributed by atoms with Crippen molar-refractivity contribution in [2.45, 2.75) is 53.0 Å². The molecule has 1 atom stereocenters. The van der Waals surface area contributed by atoms with Gasteiger partial charge in [-0.3, -0.25) is 14.4 Å². The molecule has 1 aliphatic rings. The lowest BCUT2D eigenvalue weighted by Gasteiger charge is -2.26. The molecule has 0 spiro atoms. The largest absolute Gasteiger partial charge is 0.480 e. The molecular formula is C14H22ClNO5. The van der Waals surface area contributed by atoms with Gasteiger partial charge in [-0.15, -0.1) is 0 Å². The summed E-state index contributed by atoms with van der Waals surface area (Å²) in [6.45, 7) is 6.91. The predicted octanol–water partition coefficient (Wildman–Crippen LogP) is 1.84. The molecule has 1 rings (SSSR count). The van der Waals surface area contributed by atoms with Crippen molar-refractivity contribution in [2.24, 2.45) is 5.41 Å². The zero-order valence-electron chi connectivity index (χ0n) is 12.8. The van der Waals surface area contributed by atoms with E-state index in [1.807, 2.05) is 6.92 Å². The lowest BCUT2D eigenvalue weighted by molar-refractivity contribution is -0.154. The van der Waals surface area contributed by atoms with E-state index in [1.165, 1.54) is 11.8 Å². The highest BCUT2D eigenvalue weighted by molar-refractivity contribution is 6.62. The summed E-state index contributed by atoms with van der Waals surface area (Å²) in [5.74, 6) is -2.17. The summed E-state index contributed by atoms with van der Waals surface area (Å²) in [5, 5.41) is 8.61. The number of amides is 1. The van der Waals surface area contributed by atoms with Gasteiger partial charge in [0.2, 0.25) is 11.0 Å². The molecule has 0 aliphatic carbocycles. The van der Waals surface area contributed by atoms with Gasteiger partial charge in [-0.05, 0) is 30.9 Å². The van der Waals surface area contributed by atoms with Crippen LogP contribution >= 0.6 is 11.6 Å². The molecule has 0 aromatic heterocycles. The third-order valence-electron chi connectivity index (χ3n) is 3.49. The van der Waals surface area contributed by atoms with E-state index >= 15 is 0 Å². The molecule has 7 heteroatoms. The number of rotatable bonds is 4. The molecule has 120 valence electrons. The fourth-order valence-corrected chi connectivity index (χ4v) is 1.85. The summed E-state index contributed by atoms with van der Waals surface area (Å²) in [6, 6.07) is -0.834. The summed E-state index contributed by atoms with van der Waals surface area (Å²) < 4.78 is 0. The fourth-order valence-electron chi connectivity index (χ4n) is 1.85. The average Bonchev–Trinajstić information content (AvgIpc) is 2.85. The Morgan fingerprint density at radius 1 is 1.29 bits per heavy atom. The van der Waals surface area contributed by atoms with E-state index in [2.05, 4.69) is 11.6 Å². The van der Waals surface area contributed by atoms with Gasteiger partial charge >= 0.3 is 5.97 Å². The highest BCUT2D eigenvalue weighted by Gasteiger charge is 2.40. The Labute approximate surface area is 129 Å². The van der Waals surface area contributed by atoms with E-state index < -0.39 is 29.1 Å². The quantitative estimate of drug-likeness (QED) is 0.630. The maximum Gasteiger partial charge on any atom is 0.326 e. The molecule has 0 saturated carbocycles. The molecule has 0 radical (unpaired) electrons. The summed E-state index contributed by atoms with van der Waals surface area (Å²) in [6.07, 6.45) is 1.63. The monoisotopic (exact) mass is 319 g/mol. The maximum absolute atomic E-state index is 12.0. The summed E-state index contributed by atoms with van der Waals surface area (Å²) in [5.41, 5.74) is -0.720. The van der Waals surface area contributed by atoms with Gasteiger partial charge in [-0.2, -0.15) is 0 Å². The molecule has 1 aliphatic heterocycles. The van der Waals surface area contributed by atoms with Crippen molar-refractivity contribution in [3.05, 3.63) is 0 Å². The Morgan fingerprint density at radius 3 is 2.14 bits per heavy atom. The third kappa shape index (κ3) is 5.83. The van der Waals surface area contributed by atoms with Crippen molar-refractivity contribution in [3.8, 4) is 0 Å². The Bertz CT molecular complexity index is 429. The number of aliphatic carboxylic acids is 1. The number of nitrogens with zero attached hydrogens (tertiary/aromatic N) is 1. The predicted molar refractivity (Wildman–Crippen MR) is 78.0 cm³/mol. The minimum Gasteiger partial charge on any atom is -0.480 e. The zero-order valence-corrected chi connectivity index (χ0v) is 13.6. The van der Waals surface area contributed by atoms with Gasteiger partial charge in [0.1, 0.15) is 6.04 Å². The van der Waals surface area contributed by atoms with Crippen LogP contribution in [-0.4, -0.2) is 45.5 Å². The standard InChI is InChI=1S/C12H19NO4.C2H3ClO/c1-4-12(2,3)9(14)10(15)13-7-5-6-8(13)11(16)17;1-2(3)4/h8H,4-7H2,1-3H3,(H,16,17);1H3/t8-;/m0./s1. The van der Waals surface area contributed by atoms with Crippen LogP contribution in [0.2, 0.25) is 0 Å². The van der Waals surface area contributed by atoms with Crippen LogP contribution in [-0.2, 0) is 19.2 Å². The number of likely N-dealkylation sites (tertiary alicyclic amines) is 1. The van der Waals surface area contributed by atoms with Crippen LogP contribution < -0.4 is 0 Å². The summed E-state index contributed by atoms with van der Waals surface area (Å²) >= 11 is 4.64. The van der Waals surface area contributed by atoms with Gasteiger partial charge in [0.15, 0.2) is 0 Å². The highest BCUT2D eigenvalue weighted by Crippen LogP contribution is 2.25. The van der Waals surface area contributed by atoms with E-state index in [1.54, 1.807) is 13.8 Å². The van der Waals surface area contributed by atoms with Gasteiger partial charge in [0, 0.05) is 18.9 Å². The van der Waals surface area contributed by atoms with Crippen LogP contribution in [0.1, 0.15) is 47.0 Å². The Hall–Kier alpha value is -1.43. The molecule has 0 aromatic carbocycles. The number of carboxylic acids is 1. The zero-order chi connectivity index (χ0) is 16.8. The molecule has 1 amide bonds. The molecule has 1 heterocycles. The number of halogens is 1. The van der Waals surface area contributed by atoms with Crippen molar-refractivity contribution < 1.29 is 24.3 Å². The fraction of sp³-hybridized carbons (Fsp3) is 0.714. The molecular weight excluding hydrogens is 298 g/mol. The summed E-state index contributed by atoms with van der Waals surface area (Å²) in [4.78, 5) is 45.3. The Morgan fingerprint density at radius 2 is 1.76 bits per heavy atom. The Kier molecular flexibility index (Phi) is 7.57. The number of carbonyl (C=O) groups is 4. The van der Waals surface area contributed by atoms with Gasteiger partial charge in [-0.25, -0.2) is 4.79 Å². The molecule has 1 N–H and O–H groups in total. The molecule has 0 unspecified atom stereocenters. The number of hydrogen-bond donors (Lipinski definition) is 1. The number of carbonyl (C=O) groups excluding carboxylic acids is 3. The van der Waals surface area contributed by atoms with Crippen LogP contribution in [0.15, 0.2) is 0 Å². The van der Waals surface area contributed by atoms with Crippen molar-refractivity contribution in [2.75, 3.05) is 6.54 Å². The van der Waals surface area contributed by atoms with Gasteiger partial charge in [0.05, 0.1) is 0 Å². The minimum atomic E-state index is -1.03. The lowest BCUT2D eigenvalue weighted by atomic mass is 9.84. The normalized spacial score (nSPS) is 17.8. The minimum absolute atomic E-state index is 0.361. The number of ketones is 1. The van der Waals surface area contributed by atoms with E-state index in [4.69, 9.17) is 5.11 Å². The van der Waals surface area contributed by atoms with E-state index in [0.717, 1.165) is 0 Å². The van der Waals surface area contributed by atoms with Gasteiger partial charge in [-0.1, -0.05) is 20.8 Å². The van der Waals surface area contributed by atoms with Crippen molar-refractivity contribution in [1.29, 1.82) is 0 Å². The topological polar surface area (TPSA) is 91.8 Å². The van der Waals surface area contributed by atoms with Crippen LogP contribution in [0, 0.1) is 5.41 Å². The average molecular weight is 320 g/mol. The van der Waals surface area contributed by atoms with E-state index in [0.29, 0.717) is 25.8 Å². The number of carboxylic acid groups (broad SMARTS) is 1. The second kappa shape index (κ2) is 8.12. The molecule has 6 nitrogen and oxygen atoms in total.